The lowest BCUT2D eigenvalue weighted by Crippen LogP contribution is -2.45. The molecule has 0 radical (unpaired) electrons. The molecule has 126 valence electrons. The van der Waals surface area contributed by atoms with Crippen LogP contribution >= 0.6 is 12.4 Å². The third kappa shape index (κ3) is 8.03. The number of piperidine rings is 1. The van der Waals surface area contributed by atoms with Crippen LogP contribution in [0.2, 0.25) is 0 Å². The Labute approximate surface area is 136 Å². The molecule has 3 atom stereocenters. The van der Waals surface area contributed by atoms with Crippen LogP contribution < -0.4 is 11.1 Å². The van der Waals surface area contributed by atoms with Crippen molar-refractivity contribution in [2.75, 3.05) is 26.2 Å². The van der Waals surface area contributed by atoms with E-state index in [0.717, 1.165) is 38.3 Å². The summed E-state index contributed by atoms with van der Waals surface area (Å²) < 4.78 is 0. The third-order valence-corrected chi connectivity index (χ3v) is 4.50. The summed E-state index contributed by atoms with van der Waals surface area (Å²) >= 11 is 0. The van der Waals surface area contributed by atoms with Crippen molar-refractivity contribution >= 4 is 18.3 Å². The zero-order valence-corrected chi connectivity index (χ0v) is 14.8. The summed E-state index contributed by atoms with van der Waals surface area (Å²) in [6, 6.07) is -0.358. The zero-order chi connectivity index (χ0) is 15.0. The number of hydrogen-bond donors (Lipinski definition) is 2. The van der Waals surface area contributed by atoms with Crippen LogP contribution in [0.25, 0.3) is 0 Å². The van der Waals surface area contributed by atoms with Crippen LogP contribution in [0.15, 0.2) is 0 Å². The van der Waals surface area contributed by atoms with Gasteiger partial charge in [0.05, 0.1) is 6.04 Å². The van der Waals surface area contributed by atoms with Crippen molar-refractivity contribution in [3.05, 3.63) is 0 Å². The number of carbonyl (C=O) groups is 1. The van der Waals surface area contributed by atoms with Gasteiger partial charge in [0, 0.05) is 13.1 Å². The average Bonchev–Trinajstić information content (AvgIpc) is 2.45. The van der Waals surface area contributed by atoms with E-state index in [0.29, 0.717) is 0 Å². The van der Waals surface area contributed by atoms with Gasteiger partial charge in [-0.1, -0.05) is 27.2 Å². The van der Waals surface area contributed by atoms with Gasteiger partial charge in [-0.25, -0.2) is 0 Å². The molecular weight excluding hydrogens is 286 g/mol. The van der Waals surface area contributed by atoms with Crippen LogP contribution in [0.3, 0.4) is 0 Å². The zero-order valence-electron chi connectivity index (χ0n) is 13.9. The monoisotopic (exact) mass is 319 g/mol. The van der Waals surface area contributed by atoms with Crippen molar-refractivity contribution < 1.29 is 4.79 Å². The smallest absolute Gasteiger partial charge is 0.237 e. The lowest BCUT2D eigenvalue weighted by atomic mass is 9.99. The second-order valence-electron chi connectivity index (χ2n) is 6.46. The minimum atomic E-state index is -0.358. The van der Waals surface area contributed by atoms with E-state index in [4.69, 9.17) is 5.73 Å². The van der Waals surface area contributed by atoms with E-state index in [1.807, 2.05) is 6.92 Å². The highest BCUT2D eigenvalue weighted by Crippen LogP contribution is 2.15. The second-order valence-corrected chi connectivity index (χ2v) is 6.46. The highest BCUT2D eigenvalue weighted by Gasteiger charge is 2.19. The van der Waals surface area contributed by atoms with Gasteiger partial charge in [0.25, 0.3) is 0 Å². The summed E-state index contributed by atoms with van der Waals surface area (Å²) in [4.78, 5) is 14.4. The fraction of sp³-hybridized carbons (Fsp3) is 0.938. The number of hydrogen-bond acceptors (Lipinski definition) is 3. The van der Waals surface area contributed by atoms with Crippen molar-refractivity contribution in [2.24, 2.45) is 17.6 Å². The summed E-state index contributed by atoms with van der Waals surface area (Å²) in [6.45, 7) is 10.8. The van der Waals surface area contributed by atoms with E-state index >= 15 is 0 Å². The van der Waals surface area contributed by atoms with Crippen LogP contribution in [0.5, 0.6) is 0 Å². The van der Waals surface area contributed by atoms with E-state index in [-0.39, 0.29) is 30.3 Å². The number of nitrogens with one attached hydrogen (secondary N) is 1. The third-order valence-electron chi connectivity index (χ3n) is 4.50. The molecule has 1 rings (SSSR count). The molecule has 0 spiro atoms. The van der Waals surface area contributed by atoms with Gasteiger partial charge in [0.1, 0.15) is 0 Å². The predicted molar refractivity (Wildman–Crippen MR) is 91.8 cm³/mol. The van der Waals surface area contributed by atoms with Gasteiger partial charge in [-0.15, -0.1) is 12.4 Å². The summed E-state index contributed by atoms with van der Waals surface area (Å²) in [7, 11) is 0. The first kappa shape index (κ1) is 20.7. The Kier molecular flexibility index (Phi) is 11.1. The number of likely N-dealkylation sites (tertiary alicyclic amines) is 1. The molecule has 1 fully saturated rings. The number of unbranched alkanes of at least 4 members (excludes halogenated alkanes) is 1. The van der Waals surface area contributed by atoms with Crippen LogP contribution in [0.4, 0.5) is 0 Å². The highest BCUT2D eigenvalue weighted by molar-refractivity contribution is 5.85. The van der Waals surface area contributed by atoms with Gasteiger partial charge in [-0.2, -0.15) is 0 Å². The Morgan fingerprint density at radius 1 is 1.43 bits per heavy atom. The van der Waals surface area contributed by atoms with Crippen LogP contribution in [-0.2, 0) is 4.79 Å². The molecule has 0 saturated carbocycles. The van der Waals surface area contributed by atoms with E-state index in [9.17, 15) is 4.79 Å². The number of nitrogens with zero attached hydrogens (tertiary/aromatic N) is 1. The SMILES string of the molecule is CCC(C)C(N)C(=O)NCCCCN1CCCC(C)C1.Cl. The lowest BCUT2D eigenvalue weighted by molar-refractivity contribution is -0.123. The van der Waals surface area contributed by atoms with E-state index < -0.39 is 0 Å². The van der Waals surface area contributed by atoms with E-state index in [1.165, 1.54) is 25.9 Å². The first-order valence-electron chi connectivity index (χ1n) is 8.30. The maximum absolute atomic E-state index is 11.8. The second kappa shape index (κ2) is 11.3. The molecule has 0 aromatic heterocycles. The first-order chi connectivity index (χ1) is 9.54. The minimum absolute atomic E-state index is 0. The molecule has 0 aliphatic carbocycles. The summed E-state index contributed by atoms with van der Waals surface area (Å²) in [5.41, 5.74) is 5.90. The normalized spacial score (nSPS) is 22.2. The van der Waals surface area contributed by atoms with Crippen molar-refractivity contribution in [3.63, 3.8) is 0 Å². The van der Waals surface area contributed by atoms with Crippen molar-refractivity contribution in [2.45, 2.75) is 58.9 Å². The maximum Gasteiger partial charge on any atom is 0.237 e. The standard InChI is InChI=1S/C16H33N3O.ClH/c1-4-14(3)15(17)16(20)18-9-5-6-10-19-11-7-8-13(2)12-19;/h13-15H,4-12,17H2,1-3H3,(H,18,20);1H. The molecule has 0 aromatic carbocycles. The molecule has 21 heavy (non-hydrogen) atoms. The fourth-order valence-electron chi connectivity index (χ4n) is 2.79. The number of carbonyl (C=O) groups excluding carboxylic acids is 1. The summed E-state index contributed by atoms with van der Waals surface area (Å²) in [6.07, 6.45) is 5.86. The molecule has 4 nitrogen and oxygen atoms in total. The fourth-order valence-corrected chi connectivity index (χ4v) is 2.79. The van der Waals surface area contributed by atoms with E-state index in [2.05, 4.69) is 24.1 Å². The van der Waals surface area contributed by atoms with Crippen molar-refractivity contribution in [1.82, 2.24) is 10.2 Å². The molecule has 1 aliphatic rings. The first-order valence-corrected chi connectivity index (χ1v) is 8.30. The molecule has 3 N–H and O–H groups in total. The summed E-state index contributed by atoms with van der Waals surface area (Å²) in [5, 5.41) is 2.96. The van der Waals surface area contributed by atoms with Crippen molar-refractivity contribution in [1.29, 1.82) is 0 Å². The largest absolute Gasteiger partial charge is 0.355 e. The molecule has 1 heterocycles. The Morgan fingerprint density at radius 2 is 2.14 bits per heavy atom. The number of nitrogens with two attached hydrogens (primary N) is 1. The van der Waals surface area contributed by atoms with Crippen molar-refractivity contribution in [3.8, 4) is 0 Å². The molecule has 0 aromatic rings. The summed E-state index contributed by atoms with van der Waals surface area (Å²) in [5.74, 6) is 1.10. The molecule has 0 bridgehead atoms. The number of rotatable bonds is 8. The average molecular weight is 320 g/mol. The van der Waals surface area contributed by atoms with Crippen LogP contribution in [0.1, 0.15) is 52.9 Å². The van der Waals surface area contributed by atoms with Crippen LogP contribution in [-0.4, -0.2) is 43.0 Å². The Hall–Kier alpha value is -0.320. The van der Waals surface area contributed by atoms with Gasteiger partial charge in [0.2, 0.25) is 5.91 Å². The quantitative estimate of drug-likeness (QED) is 0.675. The van der Waals surface area contributed by atoms with Gasteiger partial charge >= 0.3 is 0 Å². The molecule has 5 heteroatoms. The lowest BCUT2D eigenvalue weighted by Gasteiger charge is -2.30. The van der Waals surface area contributed by atoms with Gasteiger partial charge in [-0.3, -0.25) is 4.79 Å². The predicted octanol–water partition coefficient (Wildman–Crippen LogP) is 2.41. The minimum Gasteiger partial charge on any atom is -0.355 e. The Bertz CT molecular complexity index is 289. The van der Waals surface area contributed by atoms with E-state index in [1.54, 1.807) is 0 Å². The van der Waals surface area contributed by atoms with Gasteiger partial charge in [0.15, 0.2) is 0 Å². The Balaban J connectivity index is 0.00000400. The topological polar surface area (TPSA) is 58.4 Å². The molecule has 1 saturated heterocycles. The highest BCUT2D eigenvalue weighted by atomic mass is 35.5. The molecule has 1 aliphatic heterocycles. The molecule has 1 amide bonds. The van der Waals surface area contributed by atoms with Gasteiger partial charge < -0.3 is 16.0 Å². The van der Waals surface area contributed by atoms with Crippen LogP contribution in [0, 0.1) is 11.8 Å². The molecule has 3 unspecified atom stereocenters. The Morgan fingerprint density at radius 3 is 2.76 bits per heavy atom. The number of halogens is 1. The maximum atomic E-state index is 11.8. The number of amides is 1. The molecular formula is C16H34ClN3O. The van der Waals surface area contributed by atoms with Gasteiger partial charge in [-0.05, 0) is 50.6 Å².